The molecule has 0 aromatic heterocycles. The maximum absolute atomic E-state index is 13.0. The Kier molecular flexibility index (Phi) is 74.0. The van der Waals surface area contributed by atoms with E-state index >= 15 is 0 Å². The van der Waals surface area contributed by atoms with Crippen molar-refractivity contribution in [1.82, 2.24) is 31.9 Å². The number of nitrogens with one attached hydrogen (secondary N) is 6. The van der Waals surface area contributed by atoms with Crippen LogP contribution < -0.4 is 43.4 Å². The molecule has 0 saturated heterocycles. The number of halogens is 4. The summed E-state index contributed by atoms with van der Waals surface area (Å²) in [5, 5.41) is 19.0. The van der Waals surface area contributed by atoms with E-state index in [9.17, 15) is 19.2 Å². The van der Waals surface area contributed by atoms with Crippen LogP contribution in [0, 0.1) is 0 Å². The Morgan fingerprint density at radius 3 is 0.973 bits per heavy atom. The number of amides is 4. The molecule has 2 atom stereocenters. The van der Waals surface area contributed by atoms with Crippen molar-refractivity contribution in [3.05, 3.63) is 24.3 Å². The maximum atomic E-state index is 13.0. The fraction of sp³-hybridized carbons (Fsp3) is 0.862. The van der Waals surface area contributed by atoms with E-state index < -0.39 is 12.1 Å². The number of rotatable bonds is 55. The molecule has 0 aliphatic carbocycles. The molecule has 0 aromatic rings. The van der Waals surface area contributed by atoms with Crippen LogP contribution in [-0.4, -0.2) is 88.1 Å². The third-order valence-electron chi connectivity index (χ3n) is 13.1. The minimum atomic E-state index is -0.507. The molecule has 0 radical (unpaired) electrons. The molecule has 0 aromatic carbocycles. The number of allylic oxidation sites excluding steroid dienone is 4. The Bertz CT molecular complexity index is 1160. The van der Waals surface area contributed by atoms with Gasteiger partial charge in [-0.1, -0.05) is 141 Å². The van der Waals surface area contributed by atoms with Gasteiger partial charge in [-0.05, 0) is 168 Å². The van der Waals surface area contributed by atoms with Crippen LogP contribution in [0.1, 0.15) is 258 Å². The summed E-state index contributed by atoms with van der Waals surface area (Å²) in [4.78, 5) is 51.5. The topological polar surface area (TPSA) is 192 Å². The van der Waals surface area contributed by atoms with Gasteiger partial charge in [-0.3, -0.25) is 19.2 Å². The largest absolute Gasteiger partial charge is 0.354 e. The van der Waals surface area contributed by atoms with Gasteiger partial charge in [-0.15, -0.1) is 49.6 Å². The number of hydrogen-bond acceptors (Lipinski definition) is 8. The van der Waals surface area contributed by atoms with Gasteiger partial charge in [0.25, 0.3) is 0 Å². The van der Waals surface area contributed by atoms with Crippen LogP contribution in [-0.2, 0) is 19.2 Å². The third kappa shape index (κ3) is 59.6. The van der Waals surface area contributed by atoms with Crippen molar-refractivity contribution in [2.24, 2.45) is 11.5 Å². The van der Waals surface area contributed by atoms with Gasteiger partial charge in [0.05, 0.1) is 0 Å². The monoisotopic (exact) mass is 1130 g/mol. The first-order valence-corrected chi connectivity index (χ1v) is 29.6. The second-order valence-electron chi connectivity index (χ2n) is 20.0. The summed E-state index contributed by atoms with van der Waals surface area (Å²) in [6.45, 7) is 10.3. The average molecular weight is 1130 g/mol. The highest BCUT2D eigenvalue weighted by molar-refractivity contribution is 5.88. The van der Waals surface area contributed by atoms with Gasteiger partial charge < -0.3 is 43.4 Å². The smallest absolute Gasteiger partial charge is 0.242 e. The van der Waals surface area contributed by atoms with Crippen molar-refractivity contribution < 1.29 is 19.2 Å². The van der Waals surface area contributed by atoms with Crippen LogP contribution in [0.3, 0.4) is 0 Å². The number of carbonyl (C=O) groups excluding carboxylic acids is 4. The number of hydrogen-bond donors (Lipinski definition) is 8. The second kappa shape index (κ2) is 67.5. The van der Waals surface area contributed by atoms with E-state index in [1.165, 1.54) is 116 Å². The zero-order valence-corrected chi connectivity index (χ0v) is 50.7. The lowest BCUT2D eigenvalue weighted by Gasteiger charge is -2.19. The molecule has 0 rings (SSSR count). The van der Waals surface area contributed by atoms with Crippen LogP contribution in [0.5, 0.6) is 0 Å². The summed E-state index contributed by atoms with van der Waals surface area (Å²) in [6, 6.07) is -1.01. The van der Waals surface area contributed by atoms with Crippen LogP contribution in [0.4, 0.5) is 0 Å². The molecule has 10 N–H and O–H groups in total. The molecule has 0 aliphatic rings. The Morgan fingerprint density at radius 2 is 0.649 bits per heavy atom. The normalized spacial score (nSPS) is 11.8. The highest BCUT2D eigenvalue weighted by atomic mass is 35.5. The van der Waals surface area contributed by atoms with E-state index in [0.29, 0.717) is 51.9 Å². The van der Waals surface area contributed by atoms with Gasteiger partial charge in [0.1, 0.15) is 12.1 Å². The van der Waals surface area contributed by atoms with Crippen LogP contribution in [0.2, 0.25) is 0 Å². The lowest BCUT2D eigenvalue weighted by Crippen LogP contribution is -2.47. The molecule has 4 amide bonds. The first-order chi connectivity index (χ1) is 34.4. The lowest BCUT2D eigenvalue weighted by molar-refractivity contribution is -0.129. The lowest BCUT2D eigenvalue weighted by atomic mass is 10.1. The zero-order chi connectivity index (χ0) is 51.1. The van der Waals surface area contributed by atoms with Gasteiger partial charge in [0.2, 0.25) is 23.6 Å². The standard InChI is InChI=1S/C58H114N8O4.4ClH/c1-3-5-7-9-11-13-15-17-19-21-23-25-27-29-31-43-55(67)65-53(41-33-35-45-59)57(69)63-51-39-49-61-47-37-38-48-62-50-40-52-64-58(70)54(42-34-36-46-60)66-56(68)44-32-30-28-26-24-22-20-18-16-14-12-10-8-6-4-2;;;;/h17-20,53-54,61-62H,3-16,21-52,59-60H2,1-2H3,(H,63,69)(H,64,70)(H,65,67)(H,66,68);4*1H/b19-17-,20-18-;;;;. The summed E-state index contributed by atoms with van der Waals surface area (Å²) in [7, 11) is 0. The Balaban J connectivity index is -0.00000397. The fourth-order valence-electron chi connectivity index (χ4n) is 8.62. The zero-order valence-electron chi connectivity index (χ0n) is 47.4. The predicted octanol–water partition coefficient (Wildman–Crippen LogP) is 12.9. The summed E-state index contributed by atoms with van der Waals surface area (Å²) < 4.78 is 0. The minimum absolute atomic E-state index is 0. The molecule has 12 nitrogen and oxygen atoms in total. The summed E-state index contributed by atoms with van der Waals surface area (Å²) in [5.74, 6) is -0.275. The molecule has 0 bridgehead atoms. The highest BCUT2D eigenvalue weighted by Crippen LogP contribution is 2.13. The van der Waals surface area contributed by atoms with Crippen LogP contribution in [0.25, 0.3) is 0 Å². The number of unbranched alkanes of at least 4 members (excludes halogenated alkanes) is 25. The van der Waals surface area contributed by atoms with Gasteiger partial charge in [0.15, 0.2) is 0 Å². The molecular formula is C58H118Cl4N8O4. The SMILES string of the molecule is CCCCCCCC/C=C\CCCCCCCC(=O)NC(CCCCN)C(=O)NCCCNCCCCNCCCNC(=O)C(CCCCN)NC(=O)CCCCCCC/C=C\CCCCCCCC.Cl.Cl.Cl.Cl. The van der Waals surface area contributed by atoms with Crippen molar-refractivity contribution in [2.75, 3.05) is 52.4 Å². The third-order valence-corrected chi connectivity index (χ3v) is 13.1. The first-order valence-electron chi connectivity index (χ1n) is 29.6. The summed E-state index contributed by atoms with van der Waals surface area (Å²) in [6.07, 6.45) is 50.4. The van der Waals surface area contributed by atoms with Crippen molar-refractivity contribution in [1.29, 1.82) is 0 Å². The average Bonchev–Trinajstić information content (AvgIpc) is 3.35. The van der Waals surface area contributed by atoms with E-state index in [1.807, 2.05) is 0 Å². The van der Waals surface area contributed by atoms with E-state index in [-0.39, 0.29) is 73.3 Å². The summed E-state index contributed by atoms with van der Waals surface area (Å²) in [5.41, 5.74) is 11.4. The van der Waals surface area contributed by atoms with Crippen molar-refractivity contribution in [3.8, 4) is 0 Å². The molecule has 0 aliphatic heterocycles. The van der Waals surface area contributed by atoms with E-state index in [0.717, 1.165) is 129 Å². The van der Waals surface area contributed by atoms with Crippen LogP contribution >= 0.6 is 49.6 Å². The summed E-state index contributed by atoms with van der Waals surface area (Å²) >= 11 is 0. The van der Waals surface area contributed by atoms with Gasteiger partial charge >= 0.3 is 0 Å². The van der Waals surface area contributed by atoms with Gasteiger partial charge in [0, 0.05) is 25.9 Å². The van der Waals surface area contributed by atoms with Crippen molar-refractivity contribution in [2.45, 2.75) is 270 Å². The molecule has 74 heavy (non-hydrogen) atoms. The van der Waals surface area contributed by atoms with E-state index in [4.69, 9.17) is 11.5 Å². The molecule has 0 spiro atoms. The molecule has 0 heterocycles. The Hall–Kier alpha value is -1.64. The maximum Gasteiger partial charge on any atom is 0.242 e. The molecule has 0 saturated carbocycles. The van der Waals surface area contributed by atoms with E-state index in [2.05, 4.69) is 70.1 Å². The number of nitrogens with two attached hydrogens (primary N) is 2. The number of carbonyl (C=O) groups is 4. The second-order valence-corrected chi connectivity index (χ2v) is 20.0. The quantitative estimate of drug-likeness (QED) is 0.0218. The molecule has 442 valence electrons. The molecule has 16 heteroatoms. The molecule has 0 fully saturated rings. The highest BCUT2D eigenvalue weighted by Gasteiger charge is 2.21. The Labute approximate surface area is 479 Å². The fourth-order valence-corrected chi connectivity index (χ4v) is 8.62. The molecular weight excluding hydrogens is 1010 g/mol. The molecule has 2 unspecified atom stereocenters. The Morgan fingerprint density at radius 1 is 0.351 bits per heavy atom. The van der Waals surface area contributed by atoms with E-state index in [1.54, 1.807) is 0 Å². The van der Waals surface area contributed by atoms with Crippen molar-refractivity contribution >= 4 is 73.3 Å². The van der Waals surface area contributed by atoms with Gasteiger partial charge in [-0.25, -0.2) is 0 Å². The first kappa shape index (κ1) is 81.2. The van der Waals surface area contributed by atoms with Gasteiger partial charge in [-0.2, -0.15) is 0 Å². The minimum Gasteiger partial charge on any atom is -0.354 e. The predicted molar refractivity (Wildman–Crippen MR) is 328 cm³/mol. The van der Waals surface area contributed by atoms with Crippen LogP contribution in [0.15, 0.2) is 24.3 Å². The van der Waals surface area contributed by atoms with Crippen molar-refractivity contribution in [3.63, 3.8) is 0 Å².